The number of hydrogen-bond acceptors (Lipinski definition) is 6. The van der Waals surface area contributed by atoms with E-state index in [2.05, 4.69) is 5.32 Å². The van der Waals surface area contributed by atoms with E-state index in [9.17, 15) is 14.9 Å². The maximum absolute atomic E-state index is 11.6. The Hall–Kier alpha value is -2.15. The number of carbonyl (C=O) groups excluding carboxylic acids is 1. The summed E-state index contributed by atoms with van der Waals surface area (Å²) in [4.78, 5) is 21.8. The van der Waals surface area contributed by atoms with Gasteiger partial charge in [-0.3, -0.25) is 20.2 Å². The van der Waals surface area contributed by atoms with Gasteiger partial charge in [-0.2, -0.15) is 0 Å². The molecule has 1 atom stereocenters. The molecule has 7 heteroatoms. The largest absolute Gasteiger partial charge is 0.491 e. The number of hydrogen-bond donors (Lipinski definition) is 1. The number of ether oxygens (including phenoxy) is 2. The number of nitro benzene ring substituents is 1. The van der Waals surface area contributed by atoms with Gasteiger partial charge in [-0.1, -0.05) is 6.07 Å². The van der Waals surface area contributed by atoms with Crippen molar-refractivity contribution in [2.75, 3.05) is 13.7 Å². The lowest BCUT2D eigenvalue weighted by Gasteiger charge is -2.16. The third-order valence-corrected chi connectivity index (χ3v) is 2.95. The molecule has 2 rings (SSSR count). The van der Waals surface area contributed by atoms with E-state index in [-0.39, 0.29) is 12.3 Å². The Morgan fingerprint density at radius 2 is 2.30 bits per heavy atom. The molecule has 1 aliphatic carbocycles. The van der Waals surface area contributed by atoms with Crippen LogP contribution in [0.1, 0.15) is 12.8 Å². The minimum absolute atomic E-state index is 0.0488. The molecule has 1 aromatic rings. The maximum atomic E-state index is 11.6. The second-order valence-corrected chi connectivity index (χ2v) is 4.58. The lowest BCUT2D eigenvalue weighted by atomic mass is 10.3. The van der Waals surface area contributed by atoms with Crippen LogP contribution >= 0.6 is 0 Å². The quantitative estimate of drug-likeness (QED) is 0.459. The van der Waals surface area contributed by atoms with E-state index in [1.54, 1.807) is 6.07 Å². The zero-order chi connectivity index (χ0) is 14.5. The minimum Gasteiger partial charge on any atom is -0.491 e. The Balaban J connectivity index is 1.95. The van der Waals surface area contributed by atoms with Crippen LogP contribution in [-0.2, 0) is 9.53 Å². The molecule has 0 spiro atoms. The molecule has 1 N–H and O–H groups in total. The summed E-state index contributed by atoms with van der Waals surface area (Å²) in [5, 5.41) is 13.8. The molecule has 0 bridgehead atoms. The van der Waals surface area contributed by atoms with Crippen LogP contribution in [0, 0.1) is 10.1 Å². The van der Waals surface area contributed by atoms with Crippen LogP contribution < -0.4 is 10.1 Å². The number of nitro groups is 1. The first-order chi connectivity index (χ1) is 9.60. The van der Waals surface area contributed by atoms with E-state index >= 15 is 0 Å². The highest BCUT2D eigenvalue weighted by atomic mass is 16.6. The number of nitrogens with zero attached hydrogens (tertiary/aromatic N) is 1. The lowest BCUT2D eigenvalue weighted by Crippen LogP contribution is -2.43. The van der Waals surface area contributed by atoms with Crippen molar-refractivity contribution in [2.24, 2.45) is 0 Å². The topological polar surface area (TPSA) is 90.7 Å². The minimum atomic E-state index is -0.563. The van der Waals surface area contributed by atoms with E-state index in [1.165, 1.54) is 25.3 Å². The first kappa shape index (κ1) is 14.3. The van der Waals surface area contributed by atoms with Crippen LogP contribution in [0.2, 0.25) is 0 Å². The number of rotatable bonds is 7. The van der Waals surface area contributed by atoms with Gasteiger partial charge in [0.1, 0.15) is 18.4 Å². The van der Waals surface area contributed by atoms with E-state index in [4.69, 9.17) is 9.47 Å². The fourth-order valence-electron chi connectivity index (χ4n) is 1.73. The predicted octanol–water partition coefficient (Wildman–Crippen LogP) is 1.27. The maximum Gasteiger partial charge on any atom is 0.326 e. The molecule has 1 unspecified atom stereocenters. The number of benzene rings is 1. The van der Waals surface area contributed by atoms with Crippen molar-refractivity contribution in [3.8, 4) is 5.75 Å². The Morgan fingerprint density at radius 3 is 2.90 bits per heavy atom. The van der Waals surface area contributed by atoms with Gasteiger partial charge in [0.2, 0.25) is 0 Å². The van der Waals surface area contributed by atoms with Gasteiger partial charge in [0.15, 0.2) is 0 Å². The summed E-state index contributed by atoms with van der Waals surface area (Å²) in [6.07, 6.45) is 2.06. The van der Waals surface area contributed by atoms with Crippen molar-refractivity contribution in [3.05, 3.63) is 34.4 Å². The molecule has 1 aliphatic rings. The molecular formula is C13H16N2O5. The van der Waals surface area contributed by atoms with Crippen LogP contribution in [0.25, 0.3) is 0 Å². The Labute approximate surface area is 116 Å². The second-order valence-electron chi connectivity index (χ2n) is 4.58. The second kappa shape index (κ2) is 6.33. The van der Waals surface area contributed by atoms with Crippen molar-refractivity contribution >= 4 is 11.7 Å². The molecule has 0 aromatic heterocycles. The van der Waals surface area contributed by atoms with Crippen molar-refractivity contribution in [1.29, 1.82) is 0 Å². The Kier molecular flexibility index (Phi) is 4.52. The van der Waals surface area contributed by atoms with Gasteiger partial charge in [-0.15, -0.1) is 0 Å². The fourth-order valence-corrected chi connectivity index (χ4v) is 1.73. The van der Waals surface area contributed by atoms with E-state index in [0.717, 1.165) is 12.8 Å². The van der Waals surface area contributed by atoms with Crippen molar-refractivity contribution in [3.63, 3.8) is 0 Å². The number of methoxy groups -OCH3 is 1. The van der Waals surface area contributed by atoms with Crippen LogP contribution in [-0.4, -0.2) is 36.7 Å². The zero-order valence-corrected chi connectivity index (χ0v) is 11.1. The predicted molar refractivity (Wildman–Crippen MR) is 70.6 cm³/mol. The summed E-state index contributed by atoms with van der Waals surface area (Å²) in [5.41, 5.74) is -0.0488. The number of nitrogens with one attached hydrogen (secondary N) is 1. The smallest absolute Gasteiger partial charge is 0.326 e. The molecule has 1 fully saturated rings. The van der Waals surface area contributed by atoms with Gasteiger partial charge in [0, 0.05) is 12.1 Å². The molecule has 7 nitrogen and oxygen atoms in total. The van der Waals surface area contributed by atoms with Gasteiger partial charge in [0.25, 0.3) is 5.69 Å². The number of non-ortho nitro benzene ring substituents is 1. The molecule has 0 radical (unpaired) electrons. The van der Waals surface area contributed by atoms with Crippen LogP contribution in [0.3, 0.4) is 0 Å². The molecule has 0 amide bonds. The average molecular weight is 280 g/mol. The standard InChI is InChI=1S/C13H16N2O5/c1-19-13(16)12(14-9-5-6-9)8-20-11-4-2-3-10(7-11)15(17)18/h2-4,7,9,12,14H,5-6,8H2,1H3. The number of carbonyl (C=O) groups is 1. The fraction of sp³-hybridized carbons (Fsp3) is 0.462. The van der Waals surface area contributed by atoms with Crippen LogP contribution in [0.5, 0.6) is 5.75 Å². The summed E-state index contributed by atoms with van der Waals surface area (Å²) in [6, 6.07) is 5.62. The first-order valence-corrected chi connectivity index (χ1v) is 6.31. The molecule has 1 aromatic carbocycles. The van der Waals surface area contributed by atoms with E-state index in [1.807, 2.05) is 0 Å². The normalized spacial score (nSPS) is 15.4. The van der Waals surface area contributed by atoms with E-state index in [0.29, 0.717) is 11.8 Å². The lowest BCUT2D eigenvalue weighted by molar-refractivity contribution is -0.384. The first-order valence-electron chi connectivity index (χ1n) is 6.31. The molecule has 108 valence electrons. The summed E-state index contributed by atoms with van der Waals surface area (Å²) in [6.45, 7) is 0.0738. The third-order valence-electron chi connectivity index (χ3n) is 2.95. The molecule has 0 aliphatic heterocycles. The van der Waals surface area contributed by atoms with Gasteiger partial charge in [-0.25, -0.2) is 0 Å². The third kappa shape index (κ3) is 3.92. The highest BCUT2D eigenvalue weighted by Crippen LogP contribution is 2.21. The zero-order valence-electron chi connectivity index (χ0n) is 11.1. The van der Waals surface area contributed by atoms with Crippen LogP contribution in [0.15, 0.2) is 24.3 Å². The summed E-state index contributed by atoms with van der Waals surface area (Å²) < 4.78 is 10.1. The summed E-state index contributed by atoms with van der Waals surface area (Å²) in [5.74, 6) is -0.0481. The van der Waals surface area contributed by atoms with Gasteiger partial charge < -0.3 is 9.47 Å². The highest BCUT2D eigenvalue weighted by molar-refractivity contribution is 5.76. The summed E-state index contributed by atoms with van der Waals surface area (Å²) >= 11 is 0. The Morgan fingerprint density at radius 1 is 1.55 bits per heavy atom. The summed E-state index contributed by atoms with van der Waals surface area (Å²) in [7, 11) is 1.32. The Bertz CT molecular complexity index is 501. The average Bonchev–Trinajstić information content (AvgIpc) is 3.26. The molecule has 20 heavy (non-hydrogen) atoms. The van der Waals surface area contributed by atoms with Crippen molar-refractivity contribution < 1.29 is 19.2 Å². The van der Waals surface area contributed by atoms with E-state index < -0.39 is 16.9 Å². The molecular weight excluding hydrogens is 264 g/mol. The van der Waals surface area contributed by atoms with Crippen LogP contribution in [0.4, 0.5) is 5.69 Å². The van der Waals surface area contributed by atoms with Crippen molar-refractivity contribution in [2.45, 2.75) is 24.9 Å². The molecule has 0 saturated heterocycles. The molecule has 1 saturated carbocycles. The van der Waals surface area contributed by atoms with Gasteiger partial charge >= 0.3 is 5.97 Å². The van der Waals surface area contributed by atoms with Crippen molar-refractivity contribution in [1.82, 2.24) is 5.32 Å². The molecule has 0 heterocycles. The SMILES string of the molecule is COC(=O)C(COc1cccc([N+](=O)[O-])c1)NC1CC1. The van der Waals surface area contributed by atoms with Gasteiger partial charge in [0.05, 0.1) is 18.1 Å². The monoisotopic (exact) mass is 280 g/mol. The van der Waals surface area contributed by atoms with Gasteiger partial charge in [-0.05, 0) is 18.9 Å². The number of esters is 1. The highest BCUT2D eigenvalue weighted by Gasteiger charge is 2.29.